The Kier molecular flexibility index (Phi) is 20.9. The topological polar surface area (TPSA) is 161 Å². The number of carboxylic acids is 1. The molecule has 1 unspecified atom stereocenters. The molecule has 0 aliphatic heterocycles. The molecule has 14 heteroatoms. The van der Waals surface area contributed by atoms with E-state index in [1.165, 1.54) is 89.9 Å². The lowest BCUT2D eigenvalue weighted by atomic mass is 10.1. The number of sulfone groups is 1. The monoisotopic (exact) mass is 730 g/mol. The highest BCUT2D eigenvalue weighted by atomic mass is 32.2. The molecule has 5 N–H and O–H groups in total. The van der Waals surface area contributed by atoms with E-state index < -0.39 is 44.6 Å². The molecule has 0 saturated carbocycles. The molecule has 1 heterocycles. The number of benzene rings is 1. The van der Waals surface area contributed by atoms with Crippen LogP contribution in [0.3, 0.4) is 0 Å². The maximum absolute atomic E-state index is 12.9. The first-order valence-electron chi connectivity index (χ1n) is 17.7. The Balaban J connectivity index is 0.000000500. The molecule has 1 aromatic carbocycles. The lowest BCUT2D eigenvalue weighted by Crippen LogP contribution is -2.35. The minimum absolute atomic E-state index is 0.0581. The second-order valence-electron chi connectivity index (χ2n) is 12.7. The van der Waals surface area contributed by atoms with E-state index in [0.717, 1.165) is 61.5 Å². The SMILES string of the molecule is CCCCCCCCCCNCCCC(CCCCCC)S(C)(=O)=O.Cc1c(C(=O)NN)cc(C(=O)O)c(=O)n1-c1cccc(C(F)(F)F)c1. The average molecular weight is 731 g/mol. The number of aromatic nitrogens is 1. The number of amides is 1. The third kappa shape index (κ3) is 16.2. The summed E-state index contributed by atoms with van der Waals surface area (Å²) >= 11 is 0. The molecule has 1 atom stereocenters. The Morgan fingerprint density at radius 1 is 0.860 bits per heavy atom. The van der Waals surface area contributed by atoms with E-state index in [1.807, 2.05) is 0 Å². The number of nitrogen functional groups attached to an aromatic ring is 1. The zero-order valence-corrected chi connectivity index (χ0v) is 30.9. The van der Waals surface area contributed by atoms with Crippen molar-refractivity contribution in [1.82, 2.24) is 15.3 Å². The van der Waals surface area contributed by atoms with E-state index in [2.05, 4.69) is 19.2 Å². The fourth-order valence-electron chi connectivity index (χ4n) is 5.63. The van der Waals surface area contributed by atoms with Crippen molar-refractivity contribution in [2.45, 2.75) is 129 Å². The number of halogens is 3. The quantitative estimate of drug-likeness (QED) is 0.0424. The van der Waals surface area contributed by atoms with E-state index in [4.69, 9.17) is 10.9 Å². The molecule has 0 bridgehead atoms. The van der Waals surface area contributed by atoms with Crippen molar-refractivity contribution in [2.24, 2.45) is 5.84 Å². The van der Waals surface area contributed by atoms with Gasteiger partial charge >= 0.3 is 12.1 Å². The van der Waals surface area contributed by atoms with Gasteiger partial charge in [0.1, 0.15) is 15.4 Å². The minimum Gasteiger partial charge on any atom is -0.477 e. The summed E-state index contributed by atoms with van der Waals surface area (Å²) in [5.74, 6) is 2.51. The van der Waals surface area contributed by atoms with Crippen LogP contribution in [0.4, 0.5) is 13.2 Å². The van der Waals surface area contributed by atoms with Crippen LogP contribution >= 0.6 is 0 Å². The third-order valence-electron chi connectivity index (χ3n) is 8.56. The van der Waals surface area contributed by atoms with Gasteiger partial charge in [-0.3, -0.25) is 19.6 Å². The van der Waals surface area contributed by atoms with Gasteiger partial charge in [-0.25, -0.2) is 19.1 Å². The van der Waals surface area contributed by atoms with Gasteiger partial charge in [0.2, 0.25) is 0 Å². The number of carbonyl (C=O) groups is 2. The van der Waals surface area contributed by atoms with Gasteiger partial charge in [-0.05, 0) is 70.0 Å². The predicted octanol–water partition coefficient (Wildman–Crippen LogP) is 7.35. The first-order chi connectivity index (χ1) is 23.6. The highest BCUT2D eigenvalue weighted by molar-refractivity contribution is 7.91. The van der Waals surface area contributed by atoms with Gasteiger partial charge in [0, 0.05) is 17.6 Å². The van der Waals surface area contributed by atoms with E-state index in [0.29, 0.717) is 6.07 Å². The highest BCUT2D eigenvalue weighted by Gasteiger charge is 2.31. The highest BCUT2D eigenvalue weighted by Crippen LogP contribution is 2.30. The average Bonchev–Trinajstić information content (AvgIpc) is 3.05. The molecule has 0 saturated heterocycles. The number of unbranched alkanes of at least 4 members (excludes halogenated alkanes) is 10. The zero-order valence-electron chi connectivity index (χ0n) is 30.0. The normalized spacial score (nSPS) is 12.2. The van der Waals surface area contributed by atoms with Crippen molar-refractivity contribution in [3.63, 3.8) is 0 Å². The predicted molar refractivity (Wildman–Crippen MR) is 192 cm³/mol. The van der Waals surface area contributed by atoms with Crippen molar-refractivity contribution in [3.05, 3.63) is 63.1 Å². The molecule has 0 aliphatic rings. The van der Waals surface area contributed by atoms with Crippen LogP contribution in [0.25, 0.3) is 5.69 Å². The molecule has 0 aliphatic carbocycles. The summed E-state index contributed by atoms with van der Waals surface area (Å²) in [6, 6.07) is 4.58. The van der Waals surface area contributed by atoms with E-state index in [9.17, 15) is 36.0 Å². The lowest BCUT2D eigenvalue weighted by molar-refractivity contribution is -0.137. The second kappa shape index (κ2) is 23.3. The van der Waals surface area contributed by atoms with Gasteiger partial charge in [-0.2, -0.15) is 13.2 Å². The molecular weight excluding hydrogens is 673 g/mol. The van der Waals surface area contributed by atoms with E-state index >= 15 is 0 Å². The van der Waals surface area contributed by atoms with Gasteiger partial charge in [-0.1, -0.05) is 90.5 Å². The molecule has 0 spiro atoms. The number of pyridine rings is 1. The van der Waals surface area contributed by atoms with Crippen LogP contribution in [0.2, 0.25) is 0 Å². The summed E-state index contributed by atoms with van der Waals surface area (Å²) in [4.78, 5) is 35.4. The molecule has 0 fully saturated rings. The number of nitrogens with zero attached hydrogens (tertiary/aromatic N) is 1. The second-order valence-corrected chi connectivity index (χ2v) is 15.0. The van der Waals surface area contributed by atoms with Crippen molar-refractivity contribution in [3.8, 4) is 5.69 Å². The number of hydrazine groups is 1. The minimum atomic E-state index is -4.66. The van der Waals surface area contributed by atoms with Gasteiger partial charge in [0.25, 0.3) is 11.5 Å². The lowest BCUT2D eigenvalue weighted by Gasteiger charge is -2.16. The Hall–Kier alpha value is -3.23. The van der Waals surface area contributed by atoms with Crippen molar-refractivity contribution >= 4 is 21.7 Å². The van der Waals surface area contributed by atoms with E-state index in [-0.39, 0.29) is 22.2 Å². The van der Waals surface area contributed by atoms with Crippen LogP contribution in [-0.4, -0.2) is 54.6 Å². The summed E-state index contributed by atoms with van der Waals surface area (Å²) in [5.41, 5.74) is -1.62. The largest absolute Gasteiger partial charge is 0.477 e. The number of rotatable bonds is 22. The number of hydrogen-bond acceptors (Lipinski definition) is 7. The fourth-order valence-corrected chi connectivity index (χ4v) is 6.82. The third-order valence-corrected chi connectivity index (χ3v) is 10.2. The molecule has 50 heavy (non-hydrogen) atoms. The summed E-state index contributed by atoms with van der Waals surface area (Å²) < 4.78 is 63.2. The van der Waals surface area contributed by atoms with E-state index in [1.54, 1.807) is 5.43 Å². The Morgan fingerprint density at radius 2 is 1.40 bits per heavy atom. The molecule has 284 valence electrons. The standard InChI is InChI=1S/C21H45NO2S.C15H12F3N3O4/c1-4-6-8-10-11-12-13-15-19-22-20-16-18-21(25(3,23)24)17-14-9-7-5-2;1-7-10(12(22)20-19)6-11(14(24)25)13(23)21(7)9-4-2-3-8(5-9)15(16,17)18/h21-22H,4-20H2,1-3H3;2-6H,19H2,1H3,(H,20,22)(H,24,25). The Labute approximate surface area is 295 Å². The molecular formula is C36H57F3N4O6S. The smallest absolute Gasteiger partial charge is 0.416 e. The van der Waals surface area contributed by atoms with Gasteiger partial charge in [0.15, 0.2) is 0 Å². The fraction of sp³-hybridized carbons (Fsp3) is 0.639. The number of carbonyl (C=O) groups excluding carboxylic acids is 1. The van der Waals surface area contributed by atoms with Crippen molar-refractivity contribution in [2.75, 3.05) is 19.3 Å². The zero-order chi connectivity index (χ0) is 37.7. The summed E-state index contributed by atoms with van der Waals surface area (Å²) in [6.45, 7) is 7.77. The van der Waals surface area contributed by atoms with Crippen LogP contribution in [0.15, 0.2) is 35.1 Å². The van der Waals surface area contributed by atoms with Crippen molar-refractivity contribution < 1.29 is 36.3 Å². The summed E-state index contributed by atoms with van der Waals surface area (Å²) in [5, 5.41) is 12.5. The number of nitrogens with two attached hydrogens (primary N) is 1. The Morgan fingerprint density at radius 3 is 1.94 bits per heavy atom. The van der Waals surface area contributed by atoms with Crippen LogP contribution in [0.1, 0.15) is 142 Å². The maximum Gasteiger partial charge on any atom is 0.416 e. The number of aromatic carboxylic acids is 1. The molecule has 10 nitrogen and oxygen atoms in total. The van der Waals surface area contributed by atoms with Crippen LogP contribution in [0, 0.1) is 6.92 Å². The number of carboxylic acid groups (broad SMARTS) is 1. The summed E-state index contributed by atoms with van der Waals surface area (Å²) in [7, 11) is -2.89. The first-order valence-corrected chi connectivity index (χ1v) is 19.6. The van der Waals surface area contributed by atoms with Crippen LogP contribution in [0.5, 0.6) is 0 Å². The summed E-state index contributed by atoms with van der Waals surface area (Å²) in [6.07, 6.45) is 14.8. The van der Waals surface area contributed by atoms with Crippen LogP contribution in [-0.2, 0) is 16.0 Å². The number of hydrogen-bond donors (Lipinski definition) is 4. The molecule has 0 radical (unpaired) electrons. The first kappa shape index (κ1) is 44.8. The molecule has 1 aromatic heterocycles. The number of alkyl halides is 3. The van der Waals surface area contributed by atoms with Gasteiger partial charge in [0.05, 0.1) is 16.4 Å². The molecule has 1 amide bonds. The molecule has 2 aromatic rings. The van der Waals surface area contributed by atoms with Gasteiger partial charge < -0.3 is 10.4 Å². The molecule has 2 rings (SSSR count). The maximum atomic E-state index is 12.9. The number of nitrogens with one attached hydrogen (secondary N) is 2. The van der Waals surface area contributed by atoms with Crippen molar-refractivity contribution in [1.29, 1.82) is 0 Å². The van der Waals surface area contributed by atoms with Crippen LogP contribution < -0.4 is 22.1 Å². The van der Waals surface area contributed by atoms with Gasteiger partial charge in [-0.15, -0.1) is 0 Å². The Bertz CT molecular complexity index is 1500.